The van der Waals surface area contributed by atoms with Crippen LogP contribution in [0.5, 0.6) is 5.75 Å². The van der Waals surface area contributed by atoms with E-state index >= 15 is 0 Å². The highest BCUT2D eigenvalue weighted by molar-refractivity contribution is 5.35. The quantitative estimate of drug-likeness (QED) is 0.913. The Morgan fingerprint density at radius 3 is 2.68 bits per heavy atom. The highest BCUT2D eigenvalue weighted by Gasteiger charge is 2.43. The average Bonchev–Trinajstić information content (AvgIpc) is 2.69. The van der Waals surface area contributed by atoms with Crippen molar-refractivity contribution < 1.29 is 19.0 Å². The second-order valence-electron chi connectivity index (χ2n) is 5.72. The van der Waals surface area contributed by atoms with Crippen LogP contribution in [0.3, 0.4) is 0 Å². The van der Waals surface area contributed by atoms with Crippen LogP contribution in [0.15, 0.2) is 18.2 Å². The van der Waals surface area contributed by atoms with Crippen molar-refractivity contribution in [3.8, 4) is 5.75 Å². The minimum absolute atomic E-state index is 0.156. The minimum Gasteiger partial charge on any atom is -0.496 e. The molecule has 2 bridgehead atoms. The molecule has 0 spiro atoms. The number of hydrogen-bond acceptors (Lipinski definition) is 3. The molecule has 2 heterocycles. The number of methoxy groups -OCH3 is 1. The van der Waals surface area contributed by atoms with Gasteiger partial charge >= 0.3 is 0 Å². The summed E-state index contributed by atoms with van der Waals surface area (Å²) < 4.78 is 24.4. The zero-order valence-electron chi connectivity index (χ0n) is 11.1. The van der Waals surface area contributed by atoms with Crippen LogP contribution in [-0.4, -0.2) is 30.0 Å². The van der Waals surface area contributed by atoms with E-state index in [1.165, 1.54) is 12.1 Å². The first-order chi connectivity index (χ1) is 9.08. The smallest absolute Gasteiger partial charge is 0.123 e. The first-order valence-electron chi connectivity index (χ1n) is 6.78. The van der Waals surface area contributed by atoms with E-state index in [0.717, 1.165) is 18.4 Å². The molecule has 1 aromatic carbocycles. The molecule has 0 amide bonds. The van der Waals surface area contributed by atoms with Crippen LogP contribution < -0.4 is 4.74 Å². The van der Waals surface area contributed by atoms with Crippen molar-refractivity contribution in [2.75, 3.05) is 7.11 Å². The van der Waals surface area contributed by atoms with Crippen LogP contribution in [0.4, 0.5) is 4.39 Å². The van der Waals surface area contributed by atoms with Gasteiger partial charge in [-0.3, -0.25) is 0 Å². The highest BCUT2D eigenvalue weighted by atomic mass is 19.1. The SMILES string of the molecule is COc1ccc(F)cc1CC1(O)CC2CCC(C1)O2. The Morgan fingerprint density at radius 2 is 2.05 bits per heavy atom. The standard InChI is InChI=1S/C15H19FO3/c1-18-14-5-2-11(16)6-10(14)7-15(17)8-12-3-4-13(9-15)19-12/h2,5-6,12-13,17H,3-4,7-9H2,1H3. The highest BCUT2D eigenvalue weighted by Crippen LogP contribution is 2.41. The summed E-state index contributed by atoms with van der Waals surface area (Å²) in [7, 11) is 1.56. The molecule has 2 saturated heterocycles. The molecule has 2 aliphatic rings. The van der Waals surface area contributed by atoms with E-state index in [4.69, 9.17) is 9.47 Å². The fourth-order valence-electron chi connectivity index (χ4n) is 3.40. The summed E-state index contributed by atoms with van der Waals surface area (Å²) in [5.74, 6) is 0.336. The van der Waals surface area contributed by atoms with Gasteiger partial charge in [0.05, 0.1) is 24.9 Å². The maximum Gasteiger partial charge on any atom is 0.123 e. The predicted molar refractivity (Wildman–Crippen MR) is 68.7 cm³/mol. The van der Waals surface area contributed by atoms with Crippen LogP contribution in [0.2, 0.25) is 0 Å². The Hall–Kier alpha value is -1.13. The zero-order valence-corrected chi connectivity index (χ0v) is 11.1. The van der Waals surface area contributed by atoms with Crippen molar-refractivity contribution in [2.24, 2.45) is 0 Å². The number of halogens is 1. The molecule has 2 atom stereocenters. The minimum atomic E-state index is -0.800. The molecule has 104 valence electrons. The van der Waals surface area contributed by atoms with Crippen molar-refractivity contribution in [3.05, 3.63) is 29.6 Å². The molecule has 3 rings (SSSR count). The van der Waals surface area contributed by atoms with E-state index in [0.29, 0.717) is 25.0 Å². The van der Waals surface area contributed by atoms with Gasteiger partial charge in [-0.2, -0.15) is 0 Å². The van der Waals surface area contributed by atoms with Gasteiger partial charge in [0.25, 0.3) is 0 Å². The van der Waals surface area contributed by atoms with E-state index in [9.17, 15) is 9.50 Å². The number of rotatable bonds is 3. The molecule has 0 saturated carbocycles. The number of fused-ring (bicyclic) bond motifs is 2. The van der Waals surface area contributed by atoms with Gasteiger partial charge in [-0.05, 0) is 36.6 Å². The number of hydrogen-bond donors (Lipinski definition) is 1. The lowest BCUT2D eigenvalue weighted by atomic mass is 9.84. The Labute approximate surface area is 112 Å². The summed E-state index contributed by atoms with van der Waals surface area (Å²) in [6.45, 7) is 0. The lowest BCUT2D eigenvalue weighted by Gasteiger charge is -2.36. The Balaban J connectivity index is 1.82. The molecule has 19 heavy (non-hydrogen) atoms. The second-order valence-corrected chi connectivity index (χ2v) is 5.72. The summed E-state index contributed by atoms with van der Waals surface area (Å²) in [5.41, 5.74) is -0.0724. The molecule has 4 heteroatoms. The van der Waals surface area contributed by atoms with Gasteiger partial charge in [0, 0.05) is 19.3 Å². The van der Waals surface area contributed by atoms with Gasteiger partial charge in [0.2, 0.25) is 0 Å². The average molecular weight is 266 g/mol. The predicted octanol–water partition coefficient (Wildman–Crippen LogP) is 2.45. The van der Waals surface area contributed by atoms with Crippen LogP contribution in [0, 0.1) is 5.82 Å². The third-order valence-corrected chi connectivity index (χ3v) is 4.17. The maximum absolute atomic E-state index is 13.4. The summed E-state index contributed by atoms with van der Waals surface area (Å²) in [6.07, 6.45) is 4.03. The van der Waals surface area contributed by atoms with Gasteiger partial charge in [-0.1, -0.05) is 0 Å². The van der Waals surface area contributed by atoms with Crippen LogP contribution >= 0.6 is 0 Å². The van der Waals surface area contributed by atoms with Crippen LogP contribution in [0.1, 0.15) is 31.2 Å². The fraction of sp³-hybridized carbons (Fsp3) is 0.600. The number of aliphatic hydroxyl groups is 1. The van der Waals surface area contributed by atoms with E-state index in [1.807, 2.05) is 0 Å². The molecule has 0 aromatic heterocycles. The van der Waals surface area contributed by atoms with Gasteiger partial charge < -0.3 is 14.6 Å². The van der Waals surface area contributed by atoms with Crippen LogP contribution in [0.25, 0.3) is 0 Å². The first kappa shape index (κ1) is 12.9. The molecule has 1 aromatic rings. The zero-order chi connectivity index (χ0) is 13.5. The normalized spacial score (nSPS) is 33.4. The number of benzene rings is 1. The third-order valence-electron chi connectivity index (χ3n) is 4.17. The molecule has 2 fully saturated rings. The monoisotopic (exact) mass is 266 g/mol. The van der Waals surface area contributed by atoms with Crippen molar-refractivity contribution in [2.45, 2.75) is 49.9 Å². The third kappa shape index (κ3) is 2.60. The molecule has 2 aliphatic heterocycles. The van der Waals surface area contributed by atoms with Crippen molar-refractivity contribution in [1.29, 1.82) is 0 Å². The topological polar surface area (TPSA) is 38.7 Å². The van der Waals surface area contributed by atoms with Crippen molar-refractivity contribution >= 4 is 0 Å². The summed E-state index contributed by atoms with van der Waals surface area (Å²) in [6, 6.07) is 4.44. The number of ether oxygens (including phenoxy) is 2. The molecule has 2 unspecified atom stereocenters. The summed E-state index contributed by atoms with van der Waals surface area (Å²) in [4.78, 5) is 0. The van der Waals surface area contributed by atoms with E-state index < -0.39 is 5.60 Å². The lowest BCUT2D eigenvalue weighted by molar-refractivity contribution is -0.110. The summed E-state index contributed by atoms with van der Waals surface area (Å²) in [5, 5.41) is 10.8. The molecular weight excluding hydrogens is 247 g/mol. The van der Waals surface area contributed by atoms with Gasteiger partial charge in [0.1, 0.15) is 11.6 Å². The van der Waals surface area contributed by atoms with Crippen molar-refractivity contribution in [1.82, 2.24) is 0 Å². The Bertz CT molecular complexity index is 462. The molecule has 0 radical (unpaired) electrons. The van der Waals surface area contributed by atoms with Gasteiger partial charge in [-0.25, -0.2) is 4.39 Å². The second kappa shape index (κ2) is 4.76. The Morgan fingerprint density at radius 1 is 1.37 bits per heavy atom. The van der Waals surface area contributed by atoms with E-state index in [2.05, 4.69) is 0 Å². The van der Waals surface area contributed by atoms with Crippen LogP contribution in [-0.2, 0) is 11.2 Å². The fourth-order valence-corrected chi connectivity index (χ4v) is 3.40. The molecule has 0 aliphatic carbocycles. The van der Waals surface area contributed by atoms with Gasteiger partial charge in [-0.15, -0.1) is 0 Å². The molecule has 3 nitrogen and oxygen atoms in total. The molecular formula is C15H19FO3. The first-order valence-corrected chi connectivity index (χ1v) is 6.78. The van der Waals surface area contributed by atoms with E-state index in [1.54, 1.807) is 13.2 Å². The largest absolute Gasteiger partial charge is 0.496 e. The Kier molecular flexibility index (Phi) is 3.23. The van der Waals surface area contributed by atoms with Crippen molar-refractivity contribution in [3.63, 3.8) is 0 Å². The summed E-state index contributed by atoms with van der Waals surface area (Å²) >= 11 is 0. The maximum atomic E-state index is 13.4. The van der Waals surface area contributed by atoms with Gasteiger partial charge in [0.15, 0.2) is 0 Å². The molecule has 1 N–H and O–H groups in total. The van der Waals surface area contributed by atoms with E-state index in [-0.39, 0.29) is 18.0 Å². The lowest BCUT2D eigenvalue weighted by Crippen LogP contribution is -2.42.